The number of hydrogen-bond acceptors (Lipinski definition) is 8. The molecule has 0 bridgehead atoms. The van der Waals surface area contributed by atoms with Gasteiger partial charge in [0.25, 0.3) is 5.69 Å². The van der Waals surface area contributed by atoms with Crippen LogP contribution >= 0.6 is 0 Å². The second-order valence-electron chi connectivity index (χ2n) is 8.69. The van der Waals surface area contributed by atoms with E-state index in [2.05, 4.69) is 6.58 Å². The predicted molar refractivity (Wildman–Crippen MR) is 121 cm³/mol. The van der Waals surface area contributed by atoms with Gasteiger partial charge in [0.1, 0.15) is 18.8 Å². The lowest BCUT2D eigenvalue weighted by Gasteiger charge is -2.34. The second kappa shape index (κ2) is 11.6. The van der Waals surface area contributed by atoms with Crippen LogP contribution in [0.2, 0.25) is 0 Å². The van der Waals surface area contributed by atoms with E-state index in [1.54, 1.807) is 25.1 Å². The van der Waals surface area contributed by atoms with Gasteiger partial charge in [-0.3, -0.25) is 14.9 Å². The van der Waals surface area contributed by atoms with Crippen LogP contribution in [-0.4, -0.2) is 53.2 Å². The Labute approximate surface area is 198 Å². The van der Waals surface area contributed by atoms with Crippen molar-refractivity contribution < 1.29 is 33.5 Å². The minimum Gasteiger partial charge on any atom is -0.458 e. The number of piperidine rings is 1. The van der Waals surface area contributed by atoms with Gasteiger partial charge in [-0.1, -0.05) is 18.7 Å². The summed E-state index contributed by atoms with van der Waals surface area (Å²) in [6.45, 7) is 5.59. The zero-order valence-electron chi connectivity index (χ0n) is 19.3. The largest absolute Gasteiger partial charge is 0.458 e. The maximum atomic E-state index is 12.7. The first-order valence-electron chi connectivity index (χ1n) is 11.5. The lowest BCUT2D eigenvalue weighted by Crippen LogP contribution is -2.43. The highest BCUT2D eigenvalue weighted by molar-refractivity contribution is 5.87. The van der Waals surface area contributed by atoms with Crippen LogP contribution in [-0.2, 0) is 30.4 Å². The number of likely N-dealkylation sites (tertiary alicyclic amines) is 1. The van der Waals surface area contributed by atoms with Gasteiger partial charge in [-0.25, -0.2) is 9.59 Å². The fraction of sp³-hybridized carbons (Fsp3) is 0.542. The van der Waals surface area contributed by atoms with Crippen molar-refractivity contribution in [3.8, 4) is 0 Å². The predicted octanol–water partition coefficient (Wildman–Crippen LogP) is 3.92. The van der Waals surface area contributed by atoms with Crippen molar-refractivity contribution in [2.75, 3.05) is 13.1 Å². The third-order valence-corrected chi connectivity index (χ3v) is 6.14. The van der Waals surface area contributed by atoms with E-state index >= 15 is 0 Å². The SMILES string of the molecule is C=C(C)C(=O)OC1CCCCC1OC(=O)C1CCN(C(=O)OCc2ccccc2[N+](=O)[O-])CC1. The Bertz CT molecular complexity index is 939. The molecule has 1 saturated carbocycles. The number of rotatable bonds is 7. The molecule has 2 atom stereocenters. The lowest BCUT2D eigenvalue weighted by molar-refractivity contribution is -0.385. The molecule has 0 aromatic heterocycles. The number of hydrogen-bond donors (Lipinski definition) is 0. The number of nitrogens with zero attached hydrogens (tertiary/aromatic N) is 2. The van der Waals surface area contributed by atoms with Gasteiger partial charge >= 0.3 is 18.0 Å². The molecule has 0 spiro atoms. The Hall–Kier alpha value is -3.43. The Morgan fingerprint density at radius 1 is 1.06 bits per heavy atom. The van der Waals surface area contributed by atoms with E-state index in [1.807, 2.05) is 0 Å². The van der Waals surface area contributed by atoms with E-state index in [9.17, 15) is 24.5 Å². The summed E-state index contributed by atoms with van der Waals surface area (Å²) < 4.78 is 16.4. The monoisotopic (exact) mass is 474 g/mol. The summed E-state index contributed by atoms with van der Waals surface area (Å²) in [5.74, 6) is -1.20. The second-order valence-corrected chi connectivity index (χ2v) is 8.69. The Kier molecular flexibility index (Phi) is 8.61. The van der Waals surface area contributed by atoms with Crippen LogP contribution in [0.25, 0.3) is 0 Å². The van der Waals surface area contributed by atoms with E-state index in [0.29, 0.717) is 49.9 Å². The van der Waals surface area contributed by atoms with Gasteiger partial charge in [-0.05, 0) is 51.5 Å². The summed E-state index contributed by atoms with van der Waals surface area (Å²) in [4.78, 5) is 49.1. The number of carbonyl (C=O) groups excluding carboxylic acids is 3. The summed E-state index contributed by atoms with van der Waals surface area (Å²) in [6.07, 6.45) is 2.37. The Balaban J connectivity index is 1.47. The van der Waals surface area contributed by atoms with E-state index in [-0.39, 0.29) is 24.2 Å². The van der Waals surface area contributed by atoms with E-state index < -0.39 is 29.2 Å². The number of esters is 2. The fourth-order valence-corrected chi connectivity index (χ4v) is 4.16. The number of amides is 1. The number of benzene rings is 1. The van der Waals surface area contributed by atoms with Crippen molar-refractivity contribution >= 4 is 23.7 Å². The molecule has 0 radical (unpaired) electrons. The Morgan fingerprint density at radius 2 is 1.68 bits per heavy atom. The molecule has 1 aromatic carbocycles. The standard InChI is InChI=1S/C24H30N2O8/c1-16(2)22(27)33-20-9-5-6-10-21(20)34-23(28)17-11-13-25(14-12-17)24(29)32-15-18-7-3-4-8-19(18)26(30)31/h3-4,7-8,17,20-21H,1,5-6,9-15H2,2H3. The molecule has 3 rings (SSSR count). The molecule has 1 aliphatic carbocycles. The summed E-state index contributed by atoms with van der Waals surface area (Å²) in [6, 6.07) is 6.09. The molecule has 2 unspecified atom stereocenters. The van der Waals surface area contributed by atoms with Crippen molar-refractivity contribution in [1.29, 1.82) is 0 Å². The number of nitro groups is 1. The zero-order valence-corrected chi connectivity index (χ0v) is 19.3. The van der Waals surface area contributed by atoms with Crippen molar-refractivity contribution in [1.82, 2.24) is 4.90 Å². The van der Waals surface area contributed by atoms with Crippen LogP contribution in [0, 0.1) is 16.0 Å². The van der Waals surface area contributed by atoms with Crippen molar-refractivity contribution in [2.45, 2.75) is 64.3 Å². The molecule has 10 nitrogen and oxygen atoms in total. The molecular formula is C24H30N2O8. The average molecular weight is 475 g/mol. The fourth-order valence-electron chi connectivity index (χ4n) is 4.16. The molecule has 1 aliphatic heterocycles. The zero-order chi connectivity index (χ0) is 24.7. The van der Waals surface area contributed by atoms with Gasteiger partial charge < -0.3 is 19.1 Å². The van der Waals surface area contributed by atoms with Gasteiger partial charge in [0, 0.05) is 24.7 Å². The van der Waals surface area contributed by atoms with Gasteiger partial charge in [0.2, 0.25) is 0 Å². The first-order chi connectivity index (χ1) is 16.3. The molecular weight excluding hydrogens is 444 g/mol. The molecule has 0 N–H and O–H groups in total. The first-order valence-corrected chi connectivity index (χ1v) is 11.5. The van der Waals surface area contributed by atoms with Crippen molar-refractivity contribution in [2.24, 2.45) is 5.92 Å². The van der Waals surface area contributed by atoms with E-state index in [4.69, 9.17) is 14.2 Å². The Morgan fingerprint density at radius 3 is 2.29 bits per heavy atom. The maximum Gasteiger partial charge on any atom is 0.410 e. The highest BCUT2D eigenvalue weighted by Gasteiger charge is 2.35. The number of nitro benzene ring substituents is 1. The van der Waals surface area contributed by atoms with Crippen molar-refractivity contribution in [3.63, 3.8) is 0 Å². The molecule has 1 heterocycles. The highest BCUT2D eigenvalue weighted by atomic mass is 16.6. The molecule has 184 valence electrons. The summed E-state index contributed by atoms with van der Waals surface area (Å²) in [7, 11) is 0. The van der Waals surface area contributed by atoms with Crippen LogP contribution in [0.4, 0.5) is 10.5 Å². The summed E-state index contributed by atoms with van der Waals surface area (Å²) in [5, 5.41) is 11.1. The molecule has 34 heavy (non-hydrogen) atoms. The summed E-state index contributed by atoms with van der Waals surface area (Å²) >= 11 is 0. The minimum absolute atomic E-state index is 0.105. The molecule has 10 heteroatoms. The molecule has 1 amide bonds. The molecule has 1 saturated heterocycles. The van der Waals surface area contributed by atoms with Gasteiger partial charge in [0.05, 0.1) is 16.4 Å². The highest BCUT2D eigenvalue weighted by Crippen LogP contribution is 2.28. The smallest absolute Gasteiger partial charge is 0.410 e. The molecule has 2 fully saturated rings. The van der Waals surface area contributed by atoms with Crippen LogP contribution in [0.5, 0.6) is 0 Å². The number of para-hydroxylation sites is 1. The van der Waals surface area contributed by atoms with E-state index in [1.165, 1.54) is 11.0 Å². The quantitative estimate of drug-likeness (QED) is 0.191. The number of ether oxygens (including phenoxy) is 3. The first kappa shape index (κ1) is 25.2. The lowest BCUT2D eigenvalue weighted by atomic mass is 9.93. The van der Waals surface area contributed by atoms with Crippen LogP contribution < -0.4 is 0 Å². The third kappa shape index (κ3) is 6.55. The maximum absolute atomic E-state index is 12.7. The number of carbonyl (C=O) groups is 3. The van der Waals surface area contributed by atoms with Gasteiger partial charge in [0.15, 0.2) is 0 Å². The average Bonchev–Trinajstić information content (AvgIpc) is 2.83. The van der Waals surface area contributed by atoms with Crippen molar-refractivity contribution in [3.05, 3.63) is 52.1 Å². The summed E-state index contributed by atoms with van der Waals surface area (Å²) in [5.41, 5.74) is 0.511. The topological polar surface area (TPSA) is 125 Å². The van der Waals surface area contributed by atoms with Crippen LogP contribution in [0.15, 0.2) is 36.4 Å². The van der Waals surface area contributed by atoms with Crippen LogP contribution in [0.3, 0.4) is 0 Å². The molecule has 2 aliphatic rings. The van der Waals surface area contributed by atoms with Gasteiger partial charge in [-0.2, -0.15) is 0 Å². The normalized spacial score (nSPS) is 20.8. The van der Waals surface area contributed by atoms with Crippen LogP contribution in [0.1, 0.15) is 51.0 Å². The van der Waals surface area contributed by atoms with E-state index in [0.717, 1.165) is 12.8 Å². The minimum atomic E-state index is -0.580. The third-order valence-electron chi connectivity index (χ3n) is 6.14. The van der Waals surface area contributed by atoms with Gasteiger partial charge in [-0.15, -0.1) is 0 Å². The molecule has 1 aromatic rings.